The molecule has 0 aliphatic rings. The fraction of sp³-hybridized carbons (Fsp3) is 0.500. The van der Waals surface area contributed by atoms with Gasteiger partial charge in [-0.05, 0) is 12.7 Å². The lowest BCUT2D eigenvalue weighted by Gasteiger charge is -2.06. The molecule has 0 saturated carbocycles. The largest absolute Gasteiger partial charge is 0.261 e. The van der Waals surface area contributed by atoms with Crippen molar-refractivity contribution in [2.24, 2.45) is 0 Å². The van der Waals surface area contributed by atoms with Crippen LogP contribution in [0.5, 0.6) is 0 Å². The van der Waals surface area contributed by atoms with E-state index >= 15 is 0 Å². The van der Waals surface area contributed by atoms with Gasteiger partial charge in [0.15, 0.2) is 0 Å². The lowest BCUT2D eigenvalue weighted by atomic mass is 10.3. The van der Waals surface area contributed by atoms with Gasteiger partial charge in [-0.1, -0.05) is 6.92 Å². The molecule has 0 aliphatic carbocycles. The minimum Gasteiger partial charge on any atom is -0.261 e. The number of thioether (sulfide) groups is 1. The van der Waals surface area contributed by atoms with Crippen molar-refractivity contribution in [3.8, 4) is 0 Å². The maximum atomic E-state index is 4.21. The highest BCUT2D eigenvalue weighted by Gasteiger charge is 2.04. The van der Waals surface area contributed by atoms with Crippen molar-refractivity contribution in [1.29, 1.82) is 0 Å². The maximum absolute atomic E-state index is 4.21. The summed E-state index contributed by atoms with van der Waals surface area (Å²) in [7, 11) is 0. The molecule has 0 spiro atoms. The summed E-state index contributed by atoms with van der Waals surface area (Å²) in [5, 5.41) is 0.466. The maximum Gasteiger partial charge on any atom is 0.0713 e. The third-order valence-electron chi connectivity index (χ3n) is 1.42. The van der Waals surface area contributed by atoms with Crippen LogP contribution < -0.4 is 0 Å². The van der Waals surface area contributed by atoms with E-state index in [1.54, 1.807) is 12.4 Å². The molecule has 1 aromatic rings. The first-order chi connectivity index (χ1) is 5.34. The van der Waals surface area contributed by atoms with Gasteiger partial charge >= 0.3 is 0 Å². The monoisotopic (exact) mass is 168 g/mol. The lowest BCUT2D eigenvalue weighted by Crippen LogP contribution is -1.93. The van der Waals surface area contributed by atoms with Gasteiger partial charge in [-0.15, -0.1) is 0 Å². The Labute approximate surface area is 71.5 Å². The van der Waals surface area contributed by atoms with Gasteiger partial charge in [0.2, 0.25) is 0 Å². The Balaban J connectivity index is 2.61. The van der Waals surface area contributed by atoms with Crippen molar-refractivity contribution in [3.63, 3.8) is 0 Å². The van der Waals surface area contributed by atoms with Crippen molar-refractivity contribution in [2.75, 3.05) is 5.75 Å². The standard InChI is InChI=1S/C8H12N2S/c1-3-11-7(2)8-6-9-4-5-10-8/h4-7H,3H2,1-2H3. The van der Waals surface area contributed by atoms with Gasteiger partial charge in [0, 0.05) is 23.8 Å². The second kappa shape index (κ2) is 4.34. The van der Waals surface area contributed by atoms with Crippen molar-refractivity contribution in [2.45, 2.75) is 19.1 Å². The van der Waals surface area contributed by atoms with Gasteiger partial charge in [0.1, 0.15) is 0 Å². The molecule has 3 heteroatoms. The summed E-state index contributed by atoms with van der Waals surface area (Å²) in [6.45, 7) is 4.30. The quantitative estimate of drug-likeness (QED) is 0.692. The van der Waals surface area contributed by atoms with Crippen LogP contribution in [-0.2, 0) is 0 Å². The molecular weight excluding hydrogens is 156 g/mol. The van der Waals surface area contributed by atoms with E-state index in [0.717, 1.165) is 11.4 Å². The van der Waals surface area contributed by atoms with E-state index in [1.165, 1.54) is 0 Å². The van der Waals surface area contributed by atoms with E-state index in [9.17, 15) is 0 Å². The molecule has 1 heterocycles. The van der Waals surface area contributed by atoms with Gasteiger partial charge in [-0.25, -0.2) is 0 Å². The first-order valence-corrected chi connectivity index (χ1v) is 4.77. The van der Waals surface area contributed by atoms with Crippen LogP contribution in [0.2, 0.25) is 0 Å². The summed E-state index contributed by atoms with van der Waals surface area (Å²) >= 11 is 1.88. The molecule has 60 valence electrons. The predicted octanol–water partition coefficient (Wildman–Crippen LogP) is 2.29. The topological polar surface area (TPSA) is 25.8 Å². The van der Waals surface area contributed by atoms with Crippen molar-refractivity contribution in [3.05, 3.63) is 24.3 Å². The molecule has 0 saturated heterocycles. The molecule has 1 unspecified atom stereocenters. The molecule has 0 N–H and O–H groups in total. The highest BCUT2D eigenvalue weighted by atomic mass is 32.2. The first-order valence-electron chi connectivity index (χ1n) is 3.72. The summed E-state index contributed by atoms with van der Waals surface area (Å²) < 4.78 is 0. The third kappa shape index (κ3) is 2.50. The summed E-state index contributed by atoms with van der Waals surface area (Å²) in [5.41, 5.74) is 1.07. The Hall–Kier alpha value is -0.570. The average Bonchev–Trinajstić information content (AvgIpc) is 2.07. The first kappa shape index (κ1) is 8.53. The van der Waals surface area contributed by atoms with Gasteiger partial charge in [-0.2, -0.15) is 11.8 Å². The normalized spacial score (nSPS) is 12.9. The Morgan fingerprint density at radius 1 is 1.55 bits per heavy atom. The minimum absolute atomic E-state index is 0.466. The van der Waals surface area contributed by atoms with E-state index in [2.05, 4.69) is 23.8 Å². The molecule has 1 rings (SSSR count). The predicted molar refractivity (Wildman–Crippen MR) is 48.6 cm³/mol. The molecule has 0 amide bonds. The number of rotatable bonds is 3. The fourth-order valence-corrected chi connectivity index (χ4v) is 1.65. The van der Waals surface area contributed by atoms with E-state index in [-0.39, 0.29) is 0 Å². The molecule has 0 aromatic carbocycles. The van der Waals surface area contributed by atoms with Crippen LogP contribution in [0.4, 0.5) is 0 Å². The van der Waals surface area contributed by atoms with Crippen molar-refractivity contribution >= 4 is 11.8 Å². The summed E-state index contributed by atoms with van der Waals surface area (Å²) in [4.78, 5) is 8.23. The van der Waals surface area contributed by atoms with Crippen LogP contribution in [-0.4, -0.2) is 15.7 Å². The molecule has 0 bridgehead atoms. The van der Waals surface area contributed by atoms with Gasteiger partial charge in [0.25, 0.3) is 0 Å². The molecule has 0 radical (unpaired) electrons. The van der Waals surface area contributed by atoms with Crippen LogP contribution in [0, 0.1) is 0 Å². The Morgan fingerprint density at radius 2 is 2.36 bits per heavy atom. The van der Waals surface area contributed by atoms with Gasteiger partial charge < -0.3 is 0 Å². The van der Waals surface area contributed by atoms with E-state index in [1.807, 2.05) is 18.0 Å². The van der Waals surface area contributed by atoms with Crippen LogP contribution in [0.15, 0.2) is 18.6 Å². The zero-order valence-electron chi connectivity index (χ0n) is 6.82. The van der Waals surface area contributed by atoms with Crippen molar-refractivity contribution in [1.82, 2.24) is 9.97 Å². The van der Waals surface area contributed by atoms with Gasteiger partial charge in [0.05, 0.1) is 5.69 Å². The molecule has 0 aliphatic heterocycles. The second-order valence-electron chi connectivity index (χ2n) is 2.23. The van der Waals surface area contributed by atoms with Crippen LogP contribution in [0.1, 0.15) is 24.8 Å². The van der Waals surface area contributed by atoms with Gasteiger partial charge in [-0.3, -0.25) is 9.97 Å². The average molecular weight is 168 g/mol. The summed E-state index contributed by atoms with van der Waals surface area (Å²) in [5.74, 6) is 1.12. The zero-order chi connectivity index (χ0) is 8.10. The number of nitrogens with zero attached hydrogens (tertiary/aromatic N) is 2. The Morgan fingerprint density at radius 3 is 2.91 bits per heavy atom. The molecule has 0 fully saturated rings. The van der Waals surface area contributed by atoms with E-state index < -0.39 is 0 Å². The third-order valence-corrected chi connectivity index (χ3v) is 2.49. The second-order valence-corrected chi connectivity index (χ2v) is 3.85. The van der Waals surface area contributed by atoms with E-state index in [4.69, 9.17) is 0 Å². The Bertz CT molecular complexity index is 201. The van der Waals surface area contributed by atoms with Crippen molar-refractivity contribution < 1.29 is 0 Å². The number of hydrogen-bond acceptors (Lipinski definition) is 3. The summed E-state index contributed by atoms with van der Waals surface area (Å²) in [6, 6.07) is 0. The molecule has 2 nitrogen and oxygen atoms in total. The minimum atomic E-state index is 0.466. The molecule has 11 heavy (non-hydrogen) atoms. The highest BCUT2D eigenvalue weighted by Crippen LogP contribution is 2.24. The SMILES string of the molecule is CCSC(C)c1cnccn1. The number of hydrogen-bond donors (Lipinski definition) is 0. The fourth-order valence-electron chi connectivity index (χ4n) is 0.856. The zero-order valence-corrected chi connectivity index (χ0v) is 7.64. The molecule has 1 aromatic heterocycles. The highest BCUT2D eigenvalue weighted by molar-refractivity contribution is 7.99. The molecule has 1 atom stereocenters. The van der Waals surface area contributed by atoms with Crippen LogP contribution in [0.25, 0.3) is 0 Å². The summed E-state index contributed by atoms with van der Waals surface area (Å²) in [6.07, 6.45) is 5.27. The Kier molecular flexibility index (Phi) is 3.36. The van der Waals surface area contributed by atoms with E-state index in [0.29, 0.717) is 5.25 Å². The van der Waals surface area contributed by atoms with Crippen LogP contribution >= 0.6 is 11.8 Å². The van der Waals surface area contributed by atoms with Crippen LogP contribution in [0.3, 0.4) is 0 Å². The smallest absolute Gasteiger partial charge is 0.0713 e. The number of aromatic nitrogens is 2. The lowest BCUT2D eigenvalue weighted by molar-refractivity contribution is 0.976. The molecular formula is C8H12N2S.